The van der Waals surface area contributed by atoms with Gasteiger partial charge in [0.25, 0.3) is 0 Å². The van der Waals surface area contributed by atoms with Gasteiger partial charge in [0.15, 0.2) is 0 Å². The average Bonchev–Trinajstić information content (AvgIpc) is 2.39. The maximum absolute atomic E-state index is 5.77. The van der Waals surface area contributed by atoms with Crippen LogP contribution in [0, 0.1) is 0 Å². The molecule has 3 nitrogen and oxygen atoms in total. The number of methoxy groups -OCH3 is 2. The monoisotopic (exact) mass is 232 g/mol. The van der Waals surface area contributed by atoms with Gasteiger partial charge in [0.1, 0.15) is 5.75 Å². The van der Waals surface area contributed by atoms with Gasteiger partial charge in [-0.3, -0.25) is 0 Å². The van der Waals surface area contributed by atoms with Crippen LogP contribution in [0.25, 0.3) is 10.8 Å². The first-order valence-corrected chi connectivity index (χ1v) is 5.45. The Bertz CT molecular complexity index is 498. The molecular weight excluding hydrogens is 216 g/mol. The third-order valence-electron chi connectivity index (χ3n) is 2.79. The van der Waals surface area contributed by atoms with Crippen LogP contribution < -0.4 is 4.74 Å². The van der Waals surface area contributed by atoms with E-state index < -0.39 is 5.97 Å². The summed E-state index contributed by atoms with van der Waals surface area (Å²) in [5.74, 6) is -0.321. The van der Waals surface area contributed by atoms with E-state index in [1.54, 1.807) is 21.1 Å². The van der Waals surface area contributed by atoms with E-state index in [0.717, 1.165) is 16.5 Å². The van der Waals surface area contributed by atoms with Gasteiger partial charge < -0.3 is 14.2 Å². The summed E-state index contributed by atoms with van der Waals surface area (Å²) in [5.41, 5.74) is 0. The first-order chi connectivity index (χ1) is 8.18. The number of hydrogen-bond donors (Lipinski definition) is 0. The summed E-state index contributed by atoms with van der Waals surface area (Å²) in [6.45, 7) is 1.73. The van der Waals surface area contributed by atoms with Crippen LogP contribution in [0.5, 0.6) is 5.75 Å². The zero-order valence-corrected chi connectivity index (χ0v) is 10.3. The maximum Gasteiger partial charge on any atom is 0.323 e. The summed E-state index contributed by atoms with van der Waals surface area (Å²) < 4.78 is 16.2. The number of ether oxygens (including phenoxy) is 3. The van der Waals surface area contributed by atoms with Gasteiger partial charge in [0.2, 0.25) is 0 Å². The molecule has 0 saturated carbocycles. The molecule has 0 aliphatic heterocycles. The van der Waals surface area contributed by atoms with E-state index in [4.69, 9.17) is 14.2 Å². The van der Waals surface area contributed by atoms with Gasteiger partial charge in [-0.2, -0.15) is 0 Å². The van der Waals surface area contributed by atoms with Crippen molar-refractivity contribution in [3.8, 4) is 5.75 Å². The molecule has 0 saturated heterocycles. The Kier molecular flexibility index (Phi) is 3.31. The van der Waals surface area contributed by atoms with Crippen molar-refractivity contribution >= 4 is 10.8 Å². The molecule has 0 fully saturated rings. The van der Waals surface area contributed by atoms with Gasteiger partial charge in [-0.1, -0.05) is 36.4 Å². The molecule has 0 aromatic heterocycles. The standard InChI is InChI=1S/C14H16O3/c1-14(15-2,16-3)17-13-10-6-8-11-7-4-5-9-12(11)13/h4-10H,1-3H3. The summed E-state index contributed by atoms with van der Waals surface area (Å²) in [5, 5.41) is 2.16. The van der Waals surface area contributed by atoms with Crippen LogP contribution in [-0.2, 0) is 9.47 Å². The number of benzene rings is 2. The molecule has 0 spiro atoms. The predicted molar refractivity (Wildman–Crippen MR) is 67.0 cm³/mol. The Hall–Kier alpha value is -1.58. The second-order valence-corrected chi connectivity index (χ2v) is 3.85. The predicted octanol–water partition coefficient (Wildman–Crippen LogP) is 3.19. The van der Waals surface area contributed by atoms with E-state index in [2.05, 4.69) is 0 Å². The van der Waals surface area contributed by atoms with Crippen LogP contribution in [0.1, 0.15) is 6.92 Å². The first kappa shape index (κ1) is 11.9. The fourth-order valence-corrected chi connectivity index (χ4v) is 1.65. The average molecular weight is 232 g/mol. The van der Waals surface area contributed by atoms with Crippen molar-refractivity contribution < 1.29 is 14.2 Å². The normalized spacial score (nSPS) is 11.7. The molecule has 0 atom stereocenters. The zero-order chi connectivity index (χ0) is 12.3. The lowest BCUT2D eigenvalue weighted by Gasteiger charge is -2.27. The minimum Gasteiger partial charge on any atom is -0.439 e. The molecule has 2 rings (SSSR count). The quantitative estimate of drug-likeness (QED) is 0.758. The van der Waals surface area contributed by atoms with Crippen molar-refractivity contribution in [1.82, 2.24) is 0 Å². The van der Waals surface area contributed by atoms with Crippen molar-refractivity contribution in [3.63, 3.8) is 0 Å². The van der Waals surface area contributed by atoms with Gasteiger partial charge in [-0.15, -0.1) is 0 Å². The van der Waals surface area contributed by atoms with Crippen LogP contribution in [0.15, 0.2) is 42.5 Å². The van der Waals surface area contributed by atoms with E-state index in [9.17, 15) is 0 Å². The van der Waals surface area contributed by atoms with E-state index in [1.165, 1.54) is 0 Å². The van der Waals surface area contributed by atoms with Gasteiger partial charge in [-0.05, 0) is 11.5 Å². The molecule has 2 aromatic carbocycles. The smallest absolute Gasteiger partial charge is 0.323 e. The lowest BCUT2D eigenvalue weighted by atomic mass is 10.1. The molecule has 0 heterocycles. The van der Waals surface area contributed by atoms with Gasteiger partial charge in [0, 0.05) is 26.5 Å². The molecule has 0 aliphatic carbocycles. The molecular formula is C14H16O3. The minimum absolute atomic E-state index is 0.745. The summed E-state index contributed by atoms with van der Waals surface area (Å²) in [7, 11) is 3.10. The van der Waals surface area contributed by atoms with E-state index in [0.29, 0.717) is 0 Å². The second-order valence-electron chi connectivity index (χ2n) is 3.85. The number of rotatable bonds is 4. The minimum atomic E-state index is -1.07. The number of fused-ring (bicyclic) bond motifs is 1. The van der Waals surface area contributed by atoms with Crippen molar-refractivity contribution in [2.75, 3.05) is 14.2 Å². The molecule has 0 bridgehead atoms. The van der Waals surface area contributed by atoms with E-state index >= 15 is 0 Å². The van der Waals surface area contributed by atoms with Crippen molar-refractivity contribution in [3.05, 3.63) is 42.5 Å². The Morgan fingerprint density at radius 3 is 2.24 bits per heavy atom. The highest BCUT2D eigenvalue weighted by Gasteiger charge is 2.25. The molecule has 3 heteroatoms. The highest BCUT2D eigenvalue weighted by molar-refractivity contribution is 5.88. The third-order valence-corrected chi connectivity index (χ3v) is 2.79. The van der Waals surface area contributed by atoms with Gasteiger partial charge in [-0.25, -0.2) is 0 Å². The first-order valence-electron chi connectivity index (χ1n) is 5.45. The van der Waals surface area contributed by atoms with Crippen LogP contribution in [0.3, 0.4) is 0 Å². The second kappa shape index (κ2) is 4.73. The molecule has 0 N–H and O–H groups in total. The van der Waals surface area contributed by atoms with Gasteiger partial charge in [0.05, 0.1) is 0 Å². The summed E-state index contributed by atoms with van der Waals surface area (Å²) in [6, 6.07) is 13.9. The molecule has 0 radical (unpaired) electrons. The zero-order valence-electron chi connectivity index (χ0n) is 10.3. The van der Waals surface area contributed by atoms with E-state index in [-0.39, 0.29) is 0 Å². The molecule has 0 unspecified atom stereocenters. The highest BCUT2D eigenvalue weighted by Crippen LogP contribution is 2.28. The van der Waals surface area contributed by atoms with Crippen LogP contribution in [0.4, 0.5) is 0 Å². The molecule has 90 valence electrons. The van der Waals surface area contributed by atoms with E-state index in [1.807, 2.05) is 42.5 Å². The Balaban J connectivity index is 2.42. The van der Waals surface area contributed by atoms with Gasteiger partial charge >= 0.3 is 5.97 Å². The lowest BCUT2D eigenvalue weighted by molar-refractivity contribution is -0.308. The Morgan fingerprint density at radius 2 is 1.53 bits per heavy atom. The Morgan fingerprint density at radius 1 is 0.882 bits per heavy atom. The third kappa shape index (κ3) is 2.40. The lowest BCUT2D eigenvalue weighted by Crippen LogP contribution is -2.36. The summed E-state index contributed by atoms with van der Waals surface area (Å²) in [6.07, 6.45) is 0. The Labute approximate surface area is 101 Å². The molecule has 0 aliphatic rings. The fourth-order valence-electron chi connectivity index (χ4n) is 1.65. The molecule has 17 heavy (non-hydrogen) atoms. The number of hydrogen-bond acceptors (Lipinski definition) is 3. The summed E-state index contributed by atoms with van der Waals surface area (Å²) >= 11 is 0. The highest BCUT2D eigenvalue weighted by atomic mass is 16.9. The maximum atomic E-state index is 5.77. The largest absolute Gasteiger partial charge is 0.439 e. The van der Waals surface area contributed by atoms with Crippen molar-refractivity contribution in [2.24, 2.45) is 0 Å². The van der Waals surface area contributed by atoms with Crippen molar-refractivity contribution in [2.45, 2.75) is 12.9 Å². The topological polar surface area (TPSA) is 27.7 Å². The SMILES string of the molecule is COC(C)(OC)Oc1cccc2ccccc12. The summed E-state index contributed by atoms with van der Waals surface area (Å²) in [4.78, 5) is 0. The molecule has 2 aromatic rings. The van der Waals surface area contributed by atoms with Crippen LogP contribution in [0.2, 0.25) is 0 Å². The van der Waals surface area contributed by atoms with Crippen LogP contribution in [-0.4, -0.2) is 20.2 Å². The fraction of sp³-hybridized carbons (Fsp3) is 0.286. The molecule has 0 amide bonds. The van der Waals surface area contributed by atoms with Crippen molar-refractivity contribution in [1.29, 1.82) is 0 Å². The van der Waals surface area contributed by atoms with Crippen LogP contribution >= 0.6 is 0 Å².